The fourth-order valence-electron chi connectivity index (χ4n) is 2.42. The topological polar surface area (TPSA) is 96.8 Å². The summed E-state index contributed by atoms with van der Waals surface area (Å²) in [5.41, 5.74) is 1.29. The first-order chi connectivity index (χ1) is 10.7. The Hall–Kier alpha value is -2.88. The van der Waals surface area contributed by atoms with Crippen molar-refractivity contribution in [3.8, 4) is 6.07 Å². The van der Waals surface area contributed by atoms with Crippen LogP contribution >= 0.6 is 0 Å². The van der Waals surface area contributed by atoms with Crippen LogP contribution in [-0.4, -0.2) is 14.7 Å². The fraction of sp³-hybridized carbons (Fsp3) is 0.375. The third kappa shape index (κ3) is 3.66. The lowest BCUT2D eigenvalue weighted by Gasteiger charge is -2.31. The number of nitriles is 1. The number of hydrogen-bond donors (Lipinski definition) is 1. The highest BCUT2D eigenvalue weighted by atomic mass is 16.6. The number of nitro groups is 1. The zero-order chi connectivity index (χ0) is 17.2. The number of anilines is 1. The molecule has 1 heterocycles. The van der Waals surface area contributed by atoms with Crippen molar-refractivity contribution in [3.05, 3.63) is 51.8 Å². The van der Waals surface area contributed by atoms with E-state index in [4.69, 9.17) is 5.26 Å². The van der Waals surface area contributed by atoms with Gasteiger partial charge < -0.3 is 5.32 Å². The Kier molecular flexibility index (Phi) is 4.36. The third-order valence-corrected chi connectivity index (χ3v) is 3.55. The summed E-state index contributed by atoms with van der Waals surface area (Å²) < 4.78 is 1.70. The highest BCUT2D eigenvalue weighted by Gasteiger charge is 2.29. The van der Waals surface area contributed by atoms with E-state index in [-0.39, 0.29) is 22.7 Å². The highest BCUT2D eigenvalue weighted by Crippen LogP contribution is 2.38. The van der Waals surface area contributed by atoms with Crippen LogP contribution in [-0.2, 0) is 7.05 Å². The quantitative estimate of drug-likeness (QED) is 0.689. The predicted octanol–water partition coefficient (Wildman–Crippen LogP) is 3.40. The lowest BCUT2D eigenvalue weighted by molar-refractivity contribution is -0.384. The first kappa shape index (κ1) is 16.5. The third-order valence-electron chi connectivity index (χ3n) is 3.55. The molecular formula is C16H19N5O2. The SMILES string of the molecule is Cn1cc([C@@H](Nc2ccc(C#N)cc2[N+](=O)[O-])C(C)(C)C)cn1. The van der Waals surface area contributed by atoms with Crippen molar-refractivity contribution in [1.29, 1.82) is 5.26 Å². The maximum atomic E-state index is 11.3. The molecule has 1 aromatic heterocycles. The molecular weight excluding hydrogens is 294 g/mol. The van der Waals surface area contributed by atoms with Crippen LogP contribution in [0.25, 0.3) is 0 Å². The molecule has 120 valence electrons. The van der Waals surface area contributed by atoms with Crippen molar-refractivity contribution in [1.82, 2.24) is 9.78 Å². The number of aromatic nitrogens is 2. The molecule has 1 aromatic carbocycles. The molecule has 0 saturated heterocycles. The summed E-state index contributed by atoms with van der Waals surface area (Å²) in [6.07, 6.45) is 3.64. The number of rotatable bonds is 4. The van der Waals surface area contributed by atoms with Gasteiger partial charge in [0.15, 0.2) is 0 Å². The number of nitro benzene ring substituents is 1. The molecule has 0 radical (unpaired) electrons. The molecule has 0 spiro atoms. The summed E-state index contributed by atoms with van der Waals surface area (Å²) in [6.45, 7) is 6.15. The van der Waals surface area contributed by atoms with Gasteiger partial charge in [0.2, 0.25) is 0 Å². The van der Waals surface area contributed by atoms with Crippen LogP contribution in [0.4, 0.5) is 11.4 Å². The highest BCUT2D eigenvalue weighted by molar-refractivity contribution is 5.65. The van der Waals surface area contributed by atoms with Gasteiger partial charge in [0.05, 0.1) is 28.8 Å². The van der Waals surface area contributed by atoms with Crippen LogP contribution in [0.1, 0.15) is 37.9 Å². The molecule has 0 bridgehead atoms. The molecule has 7 heteroatoms. The molecule has 23 heavy (non-hydrogen) atoms. The second-order valence-electron chi connectivity index (χ2n) is 6.49. The number of benzene rings is 1. The van der Waals surface area contributed by atoms with Gasteiger partial charge in [-0.05, 0) is 17.5 Å². The maximum absolute atomic E-state index is 11.3. The fourth-order valence-corrected chi connectivity index (χ4v) is 2.42. The molecule has 0 saturated carbocycles. The summed E-state index contributed by atoms with van der Waals surface area (Å²) in [4.78, 5) is 10.8. The van der Waals surface area contributed by atoms with Gasteiger partial charge in [-0.15, -0.1) is 0 Å². The molecule has 0 aliphatic carbocycles. The van der Waals surface area contributed by atoms with E-state index in [1.54, 1.807) is 23.0 Å². The number of hydrogen-bond acceptors (Lipinski definition) is 5. The van der Waals surface area contributed by atoms with Crippen molar-refractivity contribution in [2.45, 2.75) is 26.8 Å². The van der Waals surface area contributed by atoms with Crippen molar-refractivity contribution < 1.29 is 4.92 Å². The van der Waals surface area contributed by atoms with Gasteiger partial charge in [-0.3, -0.25) is 14.8 Å². The standard InChI is InChI=1S/C16H19N5O2/c1-16(2,3)15(12-9-18-20(4)10-12)19-13-6-5-11(8-17)7-14(13)21(22)23/h5-7,9-10,15,19H,1-4H3/t15-/m1/s1. The van der Waals surface area contributed by atoms with Crippen LogP contribution < -0.4 is 5.32 Å². The second-order valence-corrected chi connectivity index (χ2v) is 6.49. The molecule has 1 N–H and O–H groups in total. The zero-order valence-electron chi connectivity index (χ0n) is 13.6. The first-order valence-corrected chi connectivity index (χ1v) is 7.16. The molecule has 7 nitrogen and oxygen atoms in total. The largest absolute Gasteiger partial charge is 0.372 e. The summed E-state index contributed by atoms with van der Waals surface area (Å²) >= 11 is 0. The second kappa shape index (κ2) is 6.08. The lowest BCUT2D eigenvalue weighted by Crippen LogP contribution is -2.25. The van der Waals surface area contributed by atoms with E-state index in [1.165, 1.54) is 6.07 Å². The van der Waals surface area contributed by atoms with Crippen molar-refractivity contribution in [2.75, 3.05) is 5.32 Å². The van der Waals surface area contributed by atoms with E-state index >= 15 is 0 Å². The Morgan fingerprint density at radius 1 is 1.43 bits per heavy atom. The van der Waals surface area contributed by atoms with Gasteiger partial charge in [-0.1, -0.05) is 20.8 Å². The van der Waals surface area contributed by atoms with Gasteiger partial charge in [0, 0.05) is 24.9 Å². The molecule has 0 unspecified atom stereocenters. The van der Waals surface area contributed by atoms with Crippen LogP contribution in [0.5, 0.6) is 0 Å². The minimum Gasteiger partial charge on any atom is -0.372 e. The van der Waals surface area contributed by atoms with Gasteiger partial charge >= 0.3 is 0 Å². The minimum absolute atomic E-state index is 0.109. The van der Waals surface area contributed by atoms with Crippen molar-refractivity contribution >= 4 is 11.4 Å². The van der Waals surface area contributed by atoms with Crippen LogP contribution in [0.15, 0.2) is 30.6 Å². The smallest absolute Gasteiger partial charge is 0.293 e. The Labute approximate surface area is 134 Å². The molecule has 0 aliphatic heterocycles. The van der Waals surface area contributed by atoms with E-state index < -0.39 is 4.92 Å². The van der Waals surface area contributed by atoms with Crippen LogP contribution in [0.2, 0.25) is 0 Å². The Bertz CT molecular complexity index is 768. The lowest BCUT2D eigenvalue weighted by atomic mass is 9.83. The van der Waals surface area contributed by atoms with Gasteiger partial charge in [0.1, 0.15) is 5.69 Å². The Balaban J connectivity index is 2.45. The van der Waals surface area contributed by atoms with Crippen LogP contribution in [0.3, 0.4) is 0 Å². The first-order valence-electron chi connectivity index (χ1n) is 7.16. The van der Waals surface area contributed by atoms with E-state index in [2.05, 4.69) is 10.4 Å². The number of nitrogens with zero attached hydrogens (tertiary/aromatic N) is 4. The number of nitrogens with one attached hydrogen (secondary N) is 1. The molecule has 0 amide bonds. The minimum atomic E-state index is -0.480. The maximum Gasteiger partial charge on any atom is 0.293 e. The zero-order valence-corrected chi connectivity index (χ0v) is 13.6. The van der Waals surface area contributed by atoms with E-state index in [0.29, 0.717) is 5.69 Å². The summed E-state index contributed by atoms with van der Waals surface area (Å²) in [5.74, 6) is 0. The van der Waals surface area contributed by atoms with E-state index in [9.17, 15) is 10.1 Å². The van der Waals surface area contributed by atoms with Gasteiger partial charge in [-0.2, -0.15) is 10.4 Å². The van der Waals surface area contributed by atoms with E-state index in [0.717, 1.165) is 5.56 Å². The summed E-state index contributed by atoms with van der Waals surface area (Å²) in [7, 11) is 1.83. The Morgan fingerprint density at radius 3 is 2.61 bits per heavy atom. The van der Waals surface area contributed by atoms with Gasteiger partial charge in [-0.25, -0.2) is 0 Å². The molecule has 2 aromatic rings. The van der Waals surface area contributed by atoms with Gasteiger partial charge in [0.25, 0.3) is 5.69 Å². The van der Waals surface area contributed by atoms with E-state index in [1.807, 2.05) is 40.1 Å². The molecule has 0 fully saturated rings. The summed E-state index contributed by atoms with van der Waals surface area (Å²) in [5, 5.41) is 27.6. The molecule has 0 aliphatic rings. The normalized spacial score (nSPS) is 12.5. The predicted molar refractivity (Wildman–Crippen MR) is 86.8 cm³/mol. The summed E-state index contributed by atoms with van der Waals surface area (Å²) in [6, 6.07) is 6.18. The number of aryl methyl sites for hydroxylation is 1. The average molecular weight is 313 g/mol. The monoisotopic (exact) mass is 313 g/mol. The van der Waals surface area contributed by atoms with Crippen molar-refractivity contribution in [2.24, 2.45) is 12.5 Å². The Morgan fingerprint density at radius 2 is 2.13 bits per heavy atom. The average Bonchev–Trinajstić information content (AvgIpc) is 2.89. The molecule has 1 atom stereocenters. The molecule has 2 rings (SSSR count). The van der Waals surface area contributed by atoms with Crippen molar-refractivity contribution in [3.63, 3.8) is 0 Å². The van der Waals surface area contributed by atoms with Crippen LogP contribution in [0, 0.1) is 26.9 Å².